The number of methoxy groups -OCH3 is 1. The summed E-state index contributed by atoms with van der Waals surface area (Å²) in [5.41, 5.74) is 3.08. The smallest absolute Gasteiger partial charge is 0.248 e. The van der Waals surface area contributed by atoms with E-state index in [4.69, 9.17) is 4.74 Å². The fourth-order valence-electron chi connectivity index (χ4n) is 2.78. The molecule has 1 aromatic heterocycles. The largest absolute Gasteiger partial charge is 0.496 e. The summed E-state index contributed by atoms with van der Waals surface area (Å²) in [7, 11) is 1.67. The van der Waals surface area contributed by atoms with Crippen LogP contribution < -0.4 is 10.1 Å². The molecule has 0 bridgehead atoms. The zero-order valence-electron chi connectivity index (χ0n) is 12.8. The maximum Gasteiger partial charge on any atom is 0.248 e. The van der Waals surface area contributed by atoms with Crippen molar-refractivity contribution in [3.05, 3.63) is 69.3 Å². The van der Waals surface area contributed by atoms with E-state index in [9.17, 15) is 0 Å². The van der Waals surface area contributed by atoms with Crippen LogP contribution in [0.15, 0.2) is 54.6 Å². The molecule has 4 rings (SSSR count). The minimum atomic E-state index is -0.137. The van der Waals surface area contributed by atoms with Crippen LogP contribution in [0, 0.1) is 3.57 Å². The molecule has 120 valence electrons. The van der Waals surface area contributed by atoms with E-state index in [1.54, 1.807) is 11.8 Å². The highest BCUT2D eigenvalue weighted by Crippen LogP contribution is 2.35. The van der Waals surface area contributed by atoms with E-state index in [0.29, 0.717) is 5.95 Å². The second-order valence-electron chi connectivity index (χ2n) is 5.35. The van der Waals surface area contributed by atoms with Crippen LogP contribution in [0.2, 0.25) is 0 Å². The SMILES string of the molecule is COc1ccccc1[C@H]1C=C(c2ccc(I)cc2)Nc2nnnn21. The van der Waals surface area contributed by atoms with Crippen molar-refractivity contribution >= 4 is 34.2 Å². The summed E-state index contributed by atoms with van der Waals surface area (Å²) in [6.07, 6.45) is 2.11. The van der Waals surface area contributed by atoms with Crippen LogP contribution in [0.3, 0.4) is 0 Å². The van der Waals surface area contributed by atoms with Crippen LogP contribution >= 0.6 is 22.6 Å². The normalized spacial score (nSPS) is 16.1. The number of fused-ring (bicyclic) bond motifs is 1. The number of rotatable bonds is 3. The van der Waals surface area contributed by atoms with Gasteiger partial charge in [-0.3, -0.25) is 0 Å². The maximum atomic E-state index is 5.51. The molecule has 0 radical (unpaired) electrons. The second-order valence-corrected chi connectivity index (χ2v) is 6.59. The Kier molecular flexibility index (Phi) is 3.93. The number of ether oxygens (including phenoxy) is 1. The zero-order valence-corrected chi connectivity index (χ0v) is 15.0. The Labute approximate surface area is 152 Å². The number of benzene rings is 2. The molecule has 0 amide bonds. The van der Waals surface area contributed by atoms with Gasteiger partial charge in [0.1, 0.15) is 11.8 Å². The van der Waals surface area contributed by atoms with E-state index >= 15 is 0 Å². The molecule has 0 spiro atoms. The number of hydrogen-bond acceptors (Lipinski definition) is 5. The Hall–Kier alpha value is -2.42. The molecule has 1 N–H and O–H groups in total. The van der Waals surface area contributed by atoms with Gasteiger partial charge in [-0.25, -0.2) is 0 Å². The van der Waals surface area contributed by atoms with Crippen LogP contribution in [0.1, 0.15) is 17.2 Å². The van der Waals surface area contributed by atoms with Crippen LogP contribution in [0.5, 0.6) is 5.75 Å². The number of anilines is 1. The minimum Gasteiger partial charge on any atom is -0.496 e. The Morgan fingerprint density at radius 3 is 2.71 bits per heavy atom. The molecule has 1 aliphatic heterocycles. The van der Waals surface area contributed by atoms with Crippen molar-refractivity contribution in [1.29, 1.82) is 0 Å². The summed E-state index contributed by atoms with van der Waals surface area (Å²) in [6.45, 7) is 0. The Morgan fingerprint density at radius 1 is 1.12 bits per heavy atom. The second kappa shape index (κ2) is 6.23. The lowest BCUT2D eigenvalue weighted by molar-refractivity contribution is 0.403. The molecule has 2 aromatic carbocycles. The van der Waals surface area contributed by atoms with Gasteiger partial charge < -0.3 is 10.1 Å². The van der Waals surface area contributed by atoms with Gasteiger partial charge in [0.15, 0.2) is 0 Å². The maximum absolute atomic E-state index is 5.51. The average molecular weight is 431 g/mol. The van der Waals surface area contributed by atoms with Gasteiger partial charge in [0, 0.05) is 14.8 Å². The lowest BCUT2D eigenvalue weighted by atomic mass is 10.0. The summed E-state index contributed by atoms with van der Waals surface area (Å²) >= 11 is 2.30. The Morgan fingerprint density at radius 2 is 1.92 bits per heavy atom. The molecule has 1 atom stereocenters. The van der Waals surface area contributed by atoms with Crippen molar-refractivity contribution in [2.75, 3.05) is 12.4 Å². The first kappa shape index (κ1) is 15.1. The van der Waals surface area contributed by atoms with Crippen molar-refractivity contribution in [3.8, 4) is 5.75 Å². The van der Waals surface area contributed by atoms with Crippen LogP contribution in [0.25, 0.3) is 5.70 Å². The van der Waals surface area contributed by atoms with Crippen molar-refractivity contribution in [3.63, 3.8) is 0 Å². The molecule has 1 aliphatic rings. The third-order valence-corrected chi connectivity index (χ3v) is 4.66. The quantitative estimate of drug-likeness (QED) is 0.645. The van der Waals surface area contributed by atoms with Crippen LogP contribution in [0.4, 0.5) is 5.95 Å². The summed E-state index contributed by atoms with van der Waals surface area (Å²) < 4.78 is 8.47. The predicted octanol–water partition coefficient (Wildman–Crippen LogP) is 3.34. The molecule has 0 unspecified atom stereocenters. The lowest BCUT2D eigenvalue weighted by Crippen LogP contribution is -2.20. The number of para-hydroxylation sites is 1. The van der Waals surface area contributed by atoms with Gasteiger partial charge in [-0.2, -0.15) is 4.68 Å². The van der Waals surface area contributed by atoms with Crippen molar-refractivity contribution < 1.29 is 4.74 Å². The van der Waals surface area contributed by atoms with E-state index in [1.165, 1.54) is 3.57 Å². The molecule has 0 fully saturated rings. The third-order valence-electron chi connectivity index (χ3n) is 3.94. The molecule has 6 nitrogen and oxygen atoms in total. The van der Waals surface area contributed by atoms with Gasteiger partial charge in [-0.1, -0.05) is 35.4 Å². The summed E-state index contributed by atoms with van der Waals surface area (Å²) in [4.78, 5) is 0. The van der Waals surface area contributed by atoms with E-state index in [-0.39, 0.29) is 6.04 Å². The number of nitrogens with one attached hydrogen (secondary N) is 1. The first-order valence-electron chi connectivity index (χ1n) is 7.42. The highest BCUT2D eigenvalue weighted by molar-refractivity contribution is 14.1. The molecule has 2 heterocycles. The number of hydrogen-bond donors (Lipinski definition) is 1. The van der Waals surface area contributed by atoms with Gasteiger partial charge >= 0.3 is 0 Å². The van der Waals surface area contributed by atoms with Gasteiger partial charge in [0.2, 0.25) is 5.95 Å². The molecule has 7 heteroatoms. The van der Waals surface area contributed by atoms with E-state index in [2.05, 4.69) is 73.8 Å². The first-order chi connectivity index (χ1) is 11.8. The monoisotopic (exact) mass is 431 g/mol. The zero-order chi connectivity index (χ0) is 16.5. The molecule has 24 heavy (non-hydrogen) atoms. The lowest BCUT2D eigenvalue weighted by Gasteiger charge is -2.24. The standard InChI is InChI=1S/C17H14IN5O/c1-24-16-5-3-2-4-13(16)15-10-14(11-6-8-12(18)9-7-11)19-17-20-21-22-23(15)17/h2-10,15H,1H3,(H,19,20,22)/t15-/m1/s1. The molecule has 0 aliphatic carbocycles. The molecular formula is C17H14IN5O. The van der Waals surface area contributed by atoms with Crippen molar-refractivity contribution in [2.24, 2.45) is 0 Å². The summed E-state index contributed by atoms with van der Waals surface area (Å²) in [6, 6.07) is 16.1. The molecule has 0 saturated heterocycles. The van der Waals surface area contributed by atoms with E-state index in [1.807, 2.05) is 24.3 Å². The molecular weight excluding hydrogens is 417 g/mol. The predicted molar refractivity (Wildman–Crippen MR) is 99.7 cm³/mol. The first-order valence-corrected chi connectivity index (χ1v) is 8.49. The molecule has 3 aromatic rings. The fraction of sp³-hybridized carbons (Fsp3) is 0.118. The van der Waals surface area contributed by atoms with Gasteiger partial charge in [-0.05, 0) is 62.9 Å². The number of nitrogens with zero attached hydrogens (tertiary/aromatic N) is 4. The molecule has 0 saturated carbocycles. The topological polar surface area (TPSA) is 64.9 Å². The number of allylic oxidation sites excluding steroid dienone is 1. The number of aromatic nitrogens is 4. The Bertz CT molecular complexity index is 903. The highest BCUT2D eigenvalue weighted by Gasteiger charge is 2.26. The summed E-state index contributed by atoms with van der Waals surface area (Å²) in [5.74, 6) is 1.42. The fourth-order valence-corrected chi connectivity index (χ4v) is 3.14. The van der Waals surface area contributed by atoms with Gasteiger partial charge in [0.05, 0.1) is 7.11 Å². The van der Waals surface area contributed by atoms with Crippen LogP contribution in [-0.4, -0.2) is 27.3 Å². The third kappa shape index (κ3) is 2.64. The van der Waals surface area contributed by atoms with Crippen molar-refractivity contribution in [1.82, 2.24) is 20.2 Å². The van der Waals surface area contributed by atoms with Gasteiger partial charge in [0.25, 0.3) is 0 Å². The summed E-state index contributed by atoms with van der Waals surface area (Å²) in [5, 5.41) is 15.3. The van der Waals surface area contributed by atoms with Gasteiger partial charge in [-0.15, -0.1) is 0 Å². The highest BCUT2D eigenvalue weighted by atomic mass is 127. The number of halogens is 1. The van der Waals surface area contributed by atoms with E-state index < -0.39 is 0 Å². The van der Waals surface area contributed by atoms with Crippen molar-refractivity contribution in [2.45, 2.75) is 6.04 Å². The van der Waals surface area contributed by atoms with Crippen LogP contribution in [-0.2, 0) is 0 Å². The minimum absolute atomic E-state index is 0.137. The van der Waals surface area contributed by atoms with E-state index in [0.717, 1.165) is 22.6 Å². The Balaban J connectivity index is 1.83. The average Bonchev–Trinajstić information content (AvgIpc) is 3.10. The number of tetrazole rings is 1.